The number of anilines is 6. The number of fused-ring (bicyclic) bond motifs is 3. The van der Waals surface area contributed by atoms with Gasteiger partial charge in [-0.2, -0.15) is 0 Å². The van der Waals surface area contributed by atoms with E-state index >= 15 is 0 Å². The molecule has 1 aromatic carbocycles. The minimum absolute atomic E-state index is 0.0511. The lowest BCUT2D eigenvalue weighted by atomic mass is 9.90. The van der Waals surface area contributed by atoms with E-state index in [9.17, 15) is 19.5 Å². The van der Waals surface area contributed by atoms with Crippen LogP contribution in [0.3, 0.4) is 0 Å². The van der Waals surface area contributed by atoms with Gasteiger partial charge in [0, 0.05) is 111 Å². The Morgan fingerprint density at radius 3 is 2.51 bits per heavy atom. The van der Waals surface area contributed by atoms with E-state index in [2.05, 4.69) is 86.3 Å². The van der Waals surface area contributed by atoms with Gasteiger partial charge in [0.15, 0.2) is 5.82 Å². The Kier molecular flexibility index (Phi) is 12.1. The lowest BCUT2D eigenvalue weighted by Gasteiger charge is -2.48. The number of aliphatic hydroxyl groups is 1. The summed E-state index contributed by atoms with van der Waals surface area (Å²) in [6.45, 7) is 20.8. The highest BCUT2D eigenvalue weighted by atomic mass is 16.3. The van der Waals surface area contributed by atoms with Gasteiger partial charge in [0.25, 0.3) is 11.5 Å². The number of piperazine rings is 1. The summed E-state index contributed by atoms with van der Waals surface area (Å²) in [5, 5.41) is 17.1. The van der Waals surface area contributed by atoms with Gasteiger partial charge in [-0.05, 0) is 113 Å². The summed E-state index contributed by atoms with van der Waals surface area (Å²) in [7, 11) is 1.64. The molecule has 2 saturated heterocycles. The topological polar surface area (TPSA) is 183 Å². The number of nitrogens with zero attached hydrogens (tertiary/aromatic N) is 9. The smallest absolute Gasteiger partial charge is 0.293 e. The SMILES string of the molecule is C=CC(=O)Nc1cc(Nc2nc(-c3ccnc(N4CCn5c(cc6c5CC(C)(C)C6)C4=O)c3CO)cn(C)c2=O)ccc1N1CCN(C2CCN(c3ccnc(C(C)(C)N)c3)[C@@H](C)C2)C[C@@H]1C. The summed E-state index contributed by atoms with van der Waals surface area (Å²) in [5.41, 5.74) is 14.2. The second-order valence-corrected chi connectivity index (χ2v) is 20.3. The van der Waals surface area contributed by atoms with Crippen LogP contribution in [-0.4, -0.2) is 96.8 Å². The summed E-state index contributed by atoms with van der Waals surface area (Å²) in [5.74, 6) is -0.0957. The Morgan fingerprint density at radius 2 is 1.78 bits per heavy atom. The molecule has 0 spiro atoms. The van der Waals surface area contributed by atoms with Crippen LogP contribution in [0.1, 0.15) is 87.4 Å². The van der Waals surface area contributed by atoms with Crippen molar-refractivity contribution in [3.8, 4) is 11.3 Å². The predicted octanol–water partition coefficient (Wildman–Crippen LogP) is 5.95. The van der Waals surface area contributed by atoms with Crippen LogP contribution in [-0.2, 0) is 43.4 Å². The summed E-state index contributed by atoms with van der Waals surface area (Å²) in [6.07, 6.45) is 10.3. The molecule has 3 atom stereocenters. The van der Waals surface area contributed by atoms with Gasteiger partial charge in [0.2, 0.25) is 5.91 Å². The number of hydrogen-bond acceptors (Lipinski definition) is 12. The van der Waals surface area contributed by atoms with Gasteiger partial charge in [-0.25, -0.2) is 9.97 Å². The zero-order chi connectivity index (χ0) is 47.5. The van der Waals surface area contributed by atoms with E-state index in [0.717, 1.165) is 68.9 Å². The number of rotatable bonds is 11. The first-order valence-electron chi connectivity index (χ1n) is 23.5. The first-order chi connectivity index (χ1) is 31.9. The fraction of sp³-hybridized carbons (Fsp3) is 0.451. The Bertz CT molecular complexity index is 2810. The Labute approximate surface area is 392 Å². The van der Waals surface area contributed by atoms with Crippen LogP contribution in [0.4, 0.5) is 34.4 Å². The maximum absolute atomic E-state index is 14.1. The molecule has 4 aromatic heterocycles. The first-order valence-corrected chi connectivity index (χ1v) is 23.5. The molecule has 7 heterocycles. The molecule has 5 N–H and O–H groups in total. The largest absolute Gasteiger partial charge is 0.392 e. The van der Waals surface area contributed by atoms with Crippen LogP contribution in [0.15, 0.2) is 78.5 Å². The maximum atomic E-state index is 14.1. The molecule has 1 unspecified atom stereocenters. The number of aryl methyl sites for hydroxylation is 1. The van der Waals surface area contributed by atoms with Crippen molar-refractivity contribution in [3.63, 3.8) is 0 Å². The Morgan fingerprint density at radius 1 is 0.985 bits per heavy atom. The average molecular weight is 909 g/mol. The molecule has 9 rings (SSSR count). The van der Waals surface area contributed by atoms with E-state index in [0.29, 0.717) is 64.9 Å². The van der Waals surface area contributed by atoms with Crippen molar-refractivity contribution < 1.29 is 14.7 Å². The number of benzene rings is 1. The highest BCUT2D eigenvalue weighted by molar-refractivity contribution is 6.06. The maximum Gasteiger partial charge on any atom is 0.293 e. The monoisotopic (exact) mass is 909 g/mol. The molecule has 2 fully saturated rings. The Hall–Kier alpha value is -6.36. The van der Waals surface area contributed by atoms with Gasteiger partial charge < -0.3 is 40.4 Å². The minimum Gasteiger partial charge on any atom is -0.392 e. The molecule has 16 heteroatoms. The molecular weight excluding hydrogens is 845 g/mol. The number of aromatic nitrogens is 5. The third-order valence-electron chi connectivity index (χ3n) is 14.2. The van der Waals surface area contributed by atoms with Crippen molar-refractivity contribution in [1.82, 2.24) is 29.0 Å². The number of carbonyl (C=O) groups is 2. The third-order valence-corrected chi connectivity index (χ3v) is 14.2. The average Bonchev–Trinajstić information content (AvgIpc) is 3.79. The molecule has 67 heavy (non-hydrogen) atoms. The zero-order valence-electron chi connectivity index (χ0n) is 39.8. The van der Waals surface area contributed by atoms with Gasteiger partial charge in [-0.3, -0.25) is 29.2 Å². The molecule has 1 aliphatic carbocycles. The van der Waals surface area contributed by atoms with E-state index in [1.807, 2.05) is 44.3 Å². The van der Waals surface area contributed by atoms with Gasteiger partial charge >= 0.3 is 0 Å². The highest BCUT2D eigenvalue weighted by Gasteiger charge is 2.38. The number of nitrogens with one attached hydrogen (secondary N) is 2. The van der Waals surface area contributed by atoms with Crippen molar-refractivity contribution in [2.75, 3.05) is 58.1 Å². The van der Waals surface area contributed by atoms with Crippen molar-refractivity contribution in [1.29, 1.82) is 0 Å². The van der Waals surface area contributed by atoms with E-state index in [1.54, 1.807) is 30.4 Å². The van der Waals surface area contributed by atoms with Crippen LogP contribution in [0.5, 0.6) is 0 Å². The number of nitrogens with two attached hydrogens (primary N) is 1. The first kappa shape index (κ1) is 45.8. The molecule has 16 nitrogen and oxygen atoms in total. The van der Waals surface area contributed by atoms with Crippen molar-refractivity contribution in [2.24, 2.45) is 18.2 Å². The van der Waals surface area contributed by atoms with Crippen LogP contribution in [0.2, 0.25) is 0 Å². The number of carbonyl (C=O) groups excluding carboxylic acids is 2. The van der Waals surface area contributed by atoms with Crippen molar-refractivity contribution >= 4 is 46.2 Å². The number of hydrogen-bond donors (Lipinski definition) is 4. The summed E-state index contributed by atoms with van der Waals surface area (Å²) >= 11 is 0. The molecule has 0 radical (unpaired) electrons. The number of aliphatic hydroxyl groups excluding tert-OH is 1. The molecule has 5 aromatic rings. The molecule has 0 bridgehead atoms. The number of pyridine rings is 2. The van der Waals surface area contributed by atoms with E-state index < -0.39 is 12.1 Å². The number of amides is 2. The third kappa shape index (κ3) is 8.85. The van der Waals surface area contributed by atoms with Crippen LogP contribution < -0.4 is 36.6 Å². The van der Waals surface area contributed by atoms with E-state index in [-0.39, 0.29) is 34.6 Å². The summed E-state index contributed by atoms with van der Waals surface area (Å²) < 4.78 is 3.58. The van der Waals surface area contributed by atoms with Gasteiger partial charge in [-0.15, -0.1) is 0 Å². The second-order valence-electron chi connectivity index (χ2n) is 20.3. The van der Waals surface area contributed by atoms with Gasteiger partial charge in [-0.1, -0.05) is 20.4 Å². The van der Waals surface area contributed by atoms with Gasteiger partial charge in [0.1, 0.15) is 11.5 Å². The standard InChI is InChI=1S/C51H64N12O4/c1-9-45(65)56-39-24-34(10-11-41(39)61-19-18-59(28-32(61)3)35-14-17-60(31(2)22-35)36-12-15-53-44(25-36)51(6,7)52)55-46-49(67)58(8)29-40(57-46)37-13-16-54-47(38(37)30-64)63-21-20-62-42(48(63)66)23-33-26-50(4,5)27-43(33)62/h9-13,15-16,23-25,29,31-32,35,64H,1,14,17-22,26-28,30,52H2,2-8H3,(H,55,57)(H,56,65)/t31-,32-,35?/m0/s1. The lowest BCUT2D eigenvalue weighted by Crippen LogP contribution is -2.58. The summed E-state index contributed by atoms with van der Waals surface area (Å²) in [6, 6.07) is 14.6. The fourth-order valence-corrected chi connectivity index (χ4v) is 10.8. The van der Waals surface area contributed by atoms with Gasteiger partial charge in [0.05, 0.1) is 34.9 Å². The fourth-order valence-electron chi connectivity index (χ4n) is 10.8. The highest BCUT2D eigenvalue weighted by Crippen LogP contribution is 2.41. The molecule has 0 saturated carbocycles. The number of piperidine rings is 1. The van der Waals surface area contributed by atoms with Crippen LogP contribution in [0, 0.1) is 5.41 Å². The molecule has 352 valence electrons. The lowest BCUT2D eigenvalue weighted by molar-refractivity contribution is -0.111. The van der Waals surface area contributed by atoms with Crippen LogP contribution >= 0.6 is 0 Å². The molecule has 4 aliphatic rings. The Balaban J connectivity index is 0.924. The minimum atomic E-state index is -0.509. The van der Waals surface area contributed by atoms with E-state index in [4.69, 9.17) is 10.7 Å². The second kappa shape index (κ2) is 17.7. The normalized spacial score (nSPS) is 20.7. The van der Waals surface area contributed by atoms with Crippen molar-refractivity contribution in [3.05, 3.63) is 112 Å². The van der Waals surface area contributed by atoms with Crippen LogP contribution in [0.25, 0.3) is 11.3 Å². The zero-order valence-corrected chi connectivity index (χ0v) is 39.8. The summed E-state index contributed by atoms with van der Waals surface area (Å²) in [4.78, 5) is 63.6. The molecular formula is C51H64N12O4. The predicted molar refractivity (Wildman–Crippen MR) is 264 cm³/mol. The van der Waals surface area contributed by atoms with E-state index in [1.165, 1.54) is 21.9 Å². The molecule has 2 amide bonds. The molecule has 3 aliphatic heterocycles. The van der Waals surface area contributed by atoms with Crippen molar-refractivity contribution in [2.45, 2.75) is 104 Å². The quantitative estimate of drug-likeness (QED) is 0.115.